The minimum absolute atomic E-state index is 0.155. The van der Waals surface area contributed by atoms with E-state index in [9.17, 15) is 9.90 Å². The van der Waals surface area contributed by atoms with Gasteiger partial charge in [-0.3, -0.25) is 9.69 Å². The van der Waals surface area contributed by atoms with Crippen molar-refractivity contribution in [2.75, 3.05) is 4.90 Å². The van der Waals surface area contributed by atoms with Crippen molar-refractivity contribution in [2.45, 2.75) is 19.4 Å². The van der Waals surface area contributed by atoms with Crippen LogP contribution in [0.25, 0.3) is 6.08 Å². The lowest BCUT2D eigenvalue weighted by Gasteiger charge is -2.27. The smallest absolute Gasteiger partial charge is 0.293 e. The van der Waals surface area contributed by atoms with Crippen LogP contribution in [-0.4, -0.2) is 11.0 Å². The summed E-state index contributed by atoms with van der Waals surface area (Å²) in [5, 5.41) is 10.7. The SMILES string of the molecule is Cc1ccc(N2C(=O)C(O)=C(CC=Cc3ccccc3)C2c2ccccc2)cc1. The molecule has 1 heterocycles. The second-order valence-electron chi connectivity index (χ2n) is 7.21. The fourth-order valence-corrected chi connectivity index (χ4v) is 3.71. The summed E-state index contributed by atoms with van der Waals surface area (Å²) in [7, 11) is 0. The third-order valence-electron chi connectivity index (χ3n) is 5.19. The summed E-state index contributed by atoms with van der Waals surface area (Å²) in [5.74, 6) is -0.511. The summed E-state index contributed by atoms with van der Waals surface area (Å²) in [4.78, 5) is 14.7. The molecule has 0 saturated heterocycles. The van der Waals surface area contributed by atoms with E-state index in [1.165, 1.54) is 0 Å². The molecule has 0 saturated carbocycles. The largest absolute Gasteiger partial charge is 0.503 e. The molecule has 0 aromatic heterocycles. The maximum atomic E-state index is 13.0. The Labute approximate surface area is 171 Å². The highest BCUT2D eigenvalue weighted by Gasteiger charge is 2.40. The van der Waals surface area contributed by atoms with Gasteiger partial charge in [-0.1, -0.05) is 90.5 Å². The van der Waals surface area contributed by atoms with Crippen LogP contribution in [0.4, 0.5) is 5.69 Å². The number of hydrogen-bond acceptors (Lipinski definition) is 2. The normalized spacial score (nSPS) is 16.8. The van der Waals surface area contributed by atoms with Gasteiger partial charge in [-0.25, -0.2) is 0 Å². The molecule has 0 aliphatic carbocycles. The number of aryl methyl sites for hydroxylation is 1. The fourth-order valence-electron chi connectivity index (χ4n) is 3.71. The molecule has 3 heteroatoms. The summed E-state index contributed by atoms with van der Waals surface area (Å²) in [5.41, 5.74) is 4.69. The van der Waals surface area contributed by atoms with Crippen LogP contribution in [-0.2, 0) is 4.79 Å². The zero-order valence-corrected chi connectivity index (χ0v) is 16.3. The highest BCUT2D eigenvalue weighted by atomic mass is 16.3. The number of benzene rings is 3. The Morgan fingerprint density at radius 2 is 1.52 bits per heavy atom. The van der Waals surface area contributed by atoms with Gasteiger partial charge >= 0.3 is 0 Å². The number of carbonyl (C=O) groups excluding carboxylic acids is 1. The Balaban J connectivity index is 1.71. The Morgan fingerprint density at radius 1 is 0.897 bits per heavy atom. The number of carbonyl (C=O) groups is 1. The molecule has 1 amide bonds. The van der Waals surface area contributed by atoms with Crippen LogP contribution in [0.5, 0.6) is 0 Å². The summed E-state index contributed by atoms with van der Waals surface area (Å²) in [6.07, 6.45) is 4.51. The minimum atomic E-state index is -0.356. The Hall–Kier alpha value is -3.59. The van der Waals surface area contributed by atoms with E-state index < -0.39 is 0 Å². The van der Waals surface area contributed by atoms with Gasteiger partial charge in [0.2, 0.25) is 0 Å². The van der Waals surface area contributed by atoms with E-state index in [1.807, 2.05) is 104 Å². The average molecular weight is 381 g/mol. The molecule has 1 N–H and O–H groups in total. The molecule has 1 aliphatic heterocycles. The molecule has 1 aliphatic rings. The summed E-state index contributed by atoms with van der Waals surface area (Å²) in [6, 6.07) is 27.4. The van der Waals surface area contributed by atoms with Crippen molar-refractivity contribution >= 4 is 17.7 Å². The van der Waals surface area contributed by atoms with E-state index in [0.717, 1.165) is 22.4 Å². The first-order valence-electron chi connectivity index (χ1n) is 9.74. The molecule has 0 fully saturated rings. The molecular formula is C26H23NO2. The zero-order valence-electron chi connectivity index (χ0n) is 16.3. The van der Waals surface area contributed by atoms with E-state index in [2.05, 4.69) is 0 Å². The van der Waals surface area contributed by atoms with Crippen molar-refractivity contribution in [3.05, 3.63) is 119 Å². The van der Waals surface area contributed by atoms with Crippen LogP contribution < -0.4 is 4.90 Å². The van der Waals surface area contributed by atoms with Crippen LogP contribution in [0.3, 0.4) is 0 Å². The first kappa shape index (κ1) is 18.8. The number of aliphatic hydroxyl groups is 1. The predicted molar refractivity (Wildman–Crippen MR) is 118 cm³/mol. The first-order valence-corrected chi connectivity index (χ1v) is 9.74. The number of nitrogens with zero attached hydrogens (tertiary/aromatic N) is 1. The Bertz CT molecular complexity index is 1050. The van der Waals surface area contributed by atoms with Gasteiger partial charge < -0.3 is 5.11 Å². The maximum Gasteiger partial charge on any atom is 0.293 e. The van der Waals surface area contributed by atoms with Crippen LogP contribution in [0, 0.1) is 6.92 Å². The van der Waals surface area contributed by atoms with Gasteiger partial charge in [0.05, 0.1) is 6.04 Å². The Kier molecular flexibility index (Phi) is 5.30. The zero-order chi connectivity index (χ0) is 20.2. The lowest BCUT2D eigenvalue weighted by atomic mass is 9.96. The second kappa shape index (κ2) is 8.19. The van der Waals surface area contributed by atoms with E-state index in [-0.39, 0.29) is 17.7 Å². The van der Waals surface area contributed by atoms with Crippen molar-refractivity contribution in [1.82, 2.24) is 0 Å². The maximum absolute atomic E-state index is 13.0. The third kappa shape index (κ3) is 3.85. The molecule has 1 atom stereocenters. The quantitative estimate of drug-likeness (QED) is 0.589. The fraction of sp³-hybridized carbons (Fsp3) is 0.115. The van der Waals surface area contributed by atoms with E-state index in [1.54, 1.807) is 4.90 Å². The van der Waals surface area contributed by atoms with E-state index in [0.29, 0.717) is 12.0 Å². The highest BCUT2D eigenvalue weighted by Crippen LogP contribution is 2.42. The van der Waals surface area contributed by atoms with Crippen molar-refractivity contribution in [1.29, 1.82) is 0 Å². The van der Waals surface area contributed by atoms with Crippen LogP contribution >= 0.6 is 0 Å². The van der Waals surface area contributed by atoms with E-state index in [4.69, 9.17) is 0 Å². The molecule has 4 rings (SSSR count). The summed E-state index contributed by atoms with van der Waals surface area (Å²) in [6.45, 7) is 2.01. The average Bonchev–Trinajstić information content (AvgIpc) is 3.01. The first-order chi connectivity index (χ1) is 14.1. The van der Waals surface area contributed by atoms with Gasteiger partial charge in [0.15, 0.2) is 5.76 Å². The van der Waals surface area contributed by atoms with Crippen molar-refractivity contribution in [2.24, 2.45) is 0 Å². The molecule has 144 valence electrons. The van der Waals surface area contributed by atoms with Crippen molar-refractivity contribution in [3.63, 3.8) is 0 Å². The van der Waals surface area contributed by atoms with Gasteiger partial charge in [-0.2, -0.15) is 0 Å². The molecular weight excluding hydrogens is 358 g/mol. The lowest BCUT2D eigenvalue weighted by Crippen LogP contribution is -2.30. The molecule has 29 heavy (non-hydrogen) atoms. The standard InChI is InChI=1S/C26H23NO2/c1-19-15-17-22(18-16-19)27-24(21-12-6-3-7-13-21)23(25(28)26(27)29)14-8-11-20-9-4-2-5-10-20/h2-13,15-18,24,28H,14H2,1H3. The molecule has 1 unspecified atom stereocenters. The van der Waals surface area contributed by atoms with Gasteiger partial charge in [0.25, 0.3) is 5.91 Å². The molecule has 3 nitrogen and oxygen atoms in total. The lowest BCUT2D eigenvalue weighted by molar-refractivity contribution is -0.117. The van der Waals surface area contributed by atoms with Gasteiger partial charge in [0, 0.05) is 11.3 Å². The number of aliphatic hydroxyl groups excluding tert-OH is 1. The predicted octanol–water partition coefficient (Wildman–Crippen LogP) is 6.00. The summed E-state index contributed by atoms with van der Waals surface area (Å²) < 4.78 is 0. The second-order valence-corrected chi connectivity index (χ2v) is 7.21. The molecule has 0 bridgehead atoms. The van der Waals surface area contributed by atoms with Crippen molar-refractivity contribution in [3.8, 4) is 0 Å². The topological polar surface area (TPSA) is 40.5 Å². The number of hydrogen-bond donors (Lipinski definition) is 1. The van der Waals surface area contributed by atoms with Crippen LogP contribution in [0.1, 0.15) is 29.2 Å². The van der Waals surface area contributed by atoms with Crippen molar-refractivity contribution < 1.29 is 9.90 Å². The third-order valence-corrected chi connectivity index (χ3v) is 5.19. The number of amides is 1. The van der Waals surface area contributed by atoms with E-state index >= 15 is 0 Å². The molecule has 3 aromatic rings. The Morgan fingerprint density at radius 3 is 2.17 bits per heavy atom. The van der Waals surface area contributed by atoms with Gasteiger partial charge in [0.1, 0.15) is 0 Å². The number of rotatable bonds is 5. The van der Waals surface area contributed by atoms with Crippen LogP contribution in [0.15, 0.2) is 102 Å². The van der Waals surface area contributed by atoms with Gasteiger partial charge in [-0.05, 0) is 36.6 Å². The van der Waals surface area contributed by atoms with Crippen LogP contribution in [0.2, 0.25) is 0 Å². The molecule has 3 aromatic carbocycles. The summed E-state index contributed by atoms with van der Waals surface area (Å²) >= 11 is 0. The number of allylic oxidation sites excluding steroid dienone is 1. The molecule has 0 radical (unpaired) electrons. The molecule has 0 spiro atoms. The monoisotopic (exact) mass is 381 g/mol. The number of anilines is 1. The van der Waals surface area contributed by atoms with Gasteiger partial charge in [-0.15, -0.1) is 0 Å². The minimum Gasteiger partial charge on any atom is -0.503 e. The highest BCUT2D eigenvalue weighted by molar-refractivity contribution is 6.08.